The normalized spacial score (nSPS) is 19.6. The fourth-order valence-corrected chi connectivity index (χ4v) is 10.0. The van der Waals surface area contributed by atoms with Crippen LogP contribution in [-0.4, -0.2) is 66.1 Å². The molecule has 306 valence electrons. The SMILES string of the molecule is Cc1cn([C@@H]2O[C@H](COC(c3ccccc3)(c3ccccc3)c3ccccc3)[C@H](OP(OCCC#N)N(C(C)C)C(C)C)C2O[Si](C)(C)C(C)(C)C)c(=O)[nH]c1=O. The third-order valence-corrected chi connectivity index (χ3v) is 17.4. The van der Waals surface area contributed by atoms with Crippen molar-refractivity contribution in [1.82, 2.24) is 14.2 Å². The number of rotatable bonds is 17. The molecule has 0 amide bonds. The summed E-state index contributed by atoms with van der Waals surface area (Å²) >= 11 is 0. The first-order valence-electron chi connectivity index (χ1n) is 19.7. The molecule has 57 heavy (non-hydrogen) atoms. The summed E-state index contributed by atoms with van der Waals surface area (Å²) in [5, 5.41) is 9.26. The molecule has 1 aliphatic rings. The van der Waals surface area contributed by atoms with E-state index < -0.39 is 58.2 Å². The first-order valence-corrected chi connectivity index (χ1v) is 23.8. The summed E-state index contributed by atoms with van der Waals surface area (Å²) in [6, 6.07) is 32.5. The van der Waals surface area contributed by atoms with Crippen molar-refractivity contribution in [1.29, 1.82) is 5.26 Å². The molecule has 1 saturated heterocycles. The van der Waals surface area contributed by atoms with Gasteiger partial charge in [0, 0.05) is 23.8 Å². The van der Waals surface area contributed by atoms with Crippen LogP contribution >= 0.6 is 8.53 Å². The van der Waals surface area contributed by atoms with E-state index in [2.05, 4.69) is 114 Å². The van der Waals surface area contributed by atoms with Gasteiger partial charge < -0.3 is 22.9 Å². The number of nitrogens with one attached hydrogen (secondary N) is 1. The van der Waals surface area contributed by atoms with Gasteiger partial charge in [-0.3, -0.25) is 14.3 Å². The Morgan fingerprint density at radius 1 is 0.877 bits per heavy atom. The minimum absolute atomic E-state index is 0.0129. The number of aromatic amines is 1. The fraction of sp³-hybridized carbons (Fsp3) is 0.477. The molecule has 1 N–H and O–H groups in total. The molecule has 13 heteroatoms. The van der Waals surface area contributed by atoms with E-state index in [9.17, 15) is 14.9 Å². The Balaban J connectivity index is 1.72. The molecule has 1 aromatic heterocycles. The number of hydrogen-bond donors (Lipinski definition) is 1. The van der Waals surface area contributed by atoms with Gasteiger partial charge in [-0.05, 0) is 69.4 Å². The lowest BCUT2D eigenvalue weighted by atomic mass is 9.80. The second-order valence-corrected chi connectivity index (χ2v) is 22.8. The second-order valence-electron chi connectivity index (χ2n) is 16.6. The number of H-pyrrole nitrogens is 1. The van der Waals surface area contributed by atoms with Gasteiger partial charge in [0.25, 0.3) is 14.1 Å². The smallest absolute Gasteiger partial charge is 0.330 e. The zero-order valence-electron chi connectivity index (χ0n) is 35.0. The zero-order valence-corrected chi connectivity index (χ0v) is 36.9. The third-order valence-electron chi connectivity index (χ3n) is 10.8. The Labute approximate surface area is 340 Å². The molecular formula is C44H59N4O7PSi. The van der Waals surface area contributed by atoms with Gasteiger partial charge in [-0.1, -0.05) is 112 Å². The average molecular weight is 815 g/mol. The van der Waals surface area contributed by atoms with E-state index in [1.807, 2.05) is 54.6 Å². The molecule has 11 nitrogen and oxygen atoms in total. The van der Waals surface area contributed by atoms with Gasteiger partial charge in [0.2, 0.25) is 0 Å². The van der Waals surface area contributed by atoms with Crippen molar-refractivity contribution in [3.8, 4) is 6.07 Å². The molecule has 0 saturated carbocycles. The number of nitrogens with zero attached hydrogens (tertiary/aromatic N) is 3. The number of benzene rings is 3. The third kappa shape index (κ3) is 9.93. The quantitative estimate of drug-likeness (QED) is 0.0482. The monoisotopic (exact) mass is 814 g/mol. The lowest BCUT2D eigenvalue weighted by molar-refractivity contribution is -0.0943. The first kappa shape index (κ1) is 44.3. The molecule has 2 heterocycles. The maximum atomic E-state index is 13.7. The second kappa shape index (κ2) is 18.9. The van der Waals surface area contributed by atoms with Gasteiger partial charge >= 0.3 is 5.69 Å². The van der Waals surface area contributed by atoms with E-state index in [0.29, 0.717) is 5.56 Å². The summed E-state index contributed by atoms with van der Waals surface area (Å²) < 4.78 is 38.9. The van der Waals surface area contributed by atoms with Crippen LogP contribution in [0.25, 0.3) is 0 Å². The highest BCUT2D eigenvalue weighted by atomic mass is 31.2. The summed E-state index contributed by atoms with van der Waals surface area (Å²) in [5.41, 5.74) is 0.945. The van der Waals surface area contributed by atoms with Crippen LogP contribution in [0.5, 0.6) is 0 Å². The van der Waals surface area contributed by atoms with E-state index in [1.54, 1.807) is 6.92 Å². The lowest BCUT2D eigenvalue weighted by Crippen LogP contribution is -2.51. The van der Waals surface area contributed by atoms with Crippen LogP contribution in [0.15, 0.2) is 107 Å². The van der Waals surface area contributed by atoms with Crippen LogP contribution in [0.2, 0.25) is 18.1 Å². The molecule has 0 bridgehead atoms. The summed E-state index contributed by atoms with van der Waals surface area (Å²) in [6.45, 7) is 20.9. The molecule has 1 fully saturated rings. The van der Waals surface area contributed by atoms with Crippen molar-refractivity contribution in [2.24, 2.45) is 0 Å². The Morgan fingerprint density at radius 3 is 1.84 bits per heavy atom. The van der Waals surface area contributed by atoms with E-state index >= 15 is 0 Å². The first-order chi connectivity index (χ1) is 27.0. The van der Waals surface area contributed by atoms with Crippen LogP contribution in [0.3, 0.4) is 0 Å². The Hall–Kier alpha value is -3.76. The molecule has 0 spiro atoms. The van der Waals surface area contributed by atoms with Crippen molar-refractivity contribution >= 4 is 16.8 Å². The van der Waals surface area contributed by atoms with E-state index in [0.717, 1.165) is 16.7 Å². The fourth-order valence-electron chi connectivity index (χ4n) is 6.99. The maximum Gasteiger partial charge on any atom is 0.330 e. The van der Waals surface area contributed by atoms with Gasteiger partial charge in [-0.25, -0.2) is 9.46 Å². The molecule has 5 rings (SSSR count). The molecule has 4 aromatic rings. The van der Waals surface area contributed by atoms with Gasteiger partial charge in [0.15, 0.2) is 14.5 Å². The predicted molar refractivity (Wildman–Crippen MR) is 227 cm³/mol. The Kier molecular flexibility index (Phi) is 14.7. The van der Waals surface area contributed by atoms with Crippen molar-refractivity contribution in [3.05, 3.63) is 140 Å². The number of hydrogen-bond acceptors (Lipinski definition) is 9. The van der Waals surface area contributed by atoms with Gasteiger partial charge in [-0.2, -0.15) is 5.26 Å². The zero-order chi connectivity index (χ0) is 41.5. The highest BCUT2D eigenvalue weighted by Gasteiger charge is 2.54. The summed E-state index contributed by atoms with van der Waals surface area (Å²) in [6.07, 6.45) is -1.74. The molecule has 0 radical (unpaired) electrons. The topological polar surface area (TPSA) is 128 Å². The molecule has 3 aromatic carbocycles. The van der Waals surface area contributed by atoms with Gasteiger partial charge in [0.1, 0.15) is 23.9 Å². The van der Waals surface area contributed by atoms with Crippen LogP contribution in [-0.2, 0) is 28.5 Å². The predicted octanol–water partition coefficient (Wildman–Crippen LogP) is 8.80. The van der Waals surface area contributed by atoms with Crippen LogP contribution in [0, 0.1) is 18.3 Å². The van der Waals surface area contributed by atoms with E-state index in [1.165, 1.54) is 10.8 Å². The molecular weight excluding hydrogens is 756 g/mol. The van der Waals surface area contributed by atoms with Crippen LogP contribution < -0.4 is 11.2 Å². The highest BCUT2D eigenvalue weighted by Crippen LogP contribution is 2.52. The largest absolute Gasteiger partial charge is 0.407 e. The van der Waals surface area contributed by atoms with Crippen molar-refractivity contribution < 1.29 is 22.9 Å². The molecule has 2 unspecified atom stereocenters. The maximum absolute atomic E-state index is 13.7. The molecule has 1 aliphatic heterocycles. The molecule has 5 atom stereocenters. The Bertz CT molecular complexity index is 1940. The number of ether oxygens (including phenoxy) is 2. The standard InChI is InChI=1S/C44H59N4O7PSi/c1-31(2)48(32(3)4)56(52-28-20-27-45)54-38-37(53-41(39(38)55-57(9,10)43(6,7)8)47-29-33(5)40(49)46-42(47)50)30-51-44(34-21-14-11-15-22-34,35-23-16-12-17-24-35)36-25-18-13-19-26-36/h11-19,21-26,29,31-32,37-39,41H,20,28,30H2,1-10H3,(H,46,49,50)/t37-,38+,39?,41-,56?/m1/s1. The van der Waals surface area contributed by atoms with Crippen molar-refractivity contribution in [3.63, 3.8) is 0 Å². The van der Waals surface area contributed by atoms with Crippen molar-refractivity contribution in [2.45, 2.75) is 122 Å². The summed E-state index contributed by atoms with van der Waals surface area (Å²) in [4.78, 5) is 28.8. The van der Waals surface area contributed by atoms with Crippen LogP contribution in [0.4, 0.5) is 0 Å². The lowest BCUT2D eigenvalue weighted by Gasteiger charge is -2.42. The number of aryl methyl sites for hydroxylation is 1. The van der Waals surface area contributed by atoms with E-state index in [-0.39, 0.29) is 36.8 Å². The van der Waals surface area contributed by atoms with Gasteiger partial charge in [-0.15, -0.1) is 0 Å². The summed E-state index contributed by atoms with van der Waals surface area (Å²) in [5.74, 6) is 0. The number of aromatic nitrogens is 2. The van der Waals surface area contributed by atoms with Gasteiger partial charge in [0.05, 0.1) is 25.7 Å². The minimum Gasteiger partial charge on any atom is -0.407 e. The van der Waals surface area contributed by atoms with E-state index in [4.69, 9.17) is 22.9 Å². The van der Waals surface area contributed by atoms with Crippen molar-refractivity contribution in [2.75, 3.05) is 13.2 Å². The average Bonchev–Trinajstić information content (AvgIpc) is 3.49. The summed E-state index contributed by atoms with van der Waals surface area (Å²) in [7, 11) is -4.40. The van der Waals surface area contributed by atoms with Crippen LogP contribution in [0.1, 0.15) is 83.4 Å². The highest BCUT2D eigenvalue weighted by molar-refractivity contribution is 7.44. The Morgan fingerprint density at radius 2 is 1.39 bits per heavy atom. The molecule has 0 aliphatic carbocycles. The minimum atomic E-state index is -2.61. The number of nitriles is 1.